The van der Waals surface area contributed by atoms with Gasteiger partial charge in [0.1, 0.15) is 12.2 Å². The maximum absolute atomic E-state index is 12.5. The van der Waals surface area contributed by atoms with Crippen molar-refractivity contribution < 1.29 is 14.1 Å². The highest BCUT2D eigenvalue weighted by molar-refractivity contribution is 5.91. The Hall–Kier alpha value is -2.88. The summed E-state index contributed by atoms with van der Waals surface area (Å²) in [5.41, 5.74) is 1.37. The van der Waals surface area contributed by atoms with Gasteiger partial charge in [0.15, 0.2) is 0 Å². The number of pyridine rings is 1. The van der Waals surface area contributed by atoms with Crippen LogP contribution < -0.4 is 4.74 Å². The normalized spacial score (nSPS) is 20.0. The first-order valence-electron chi connectivity index (χ1n) is 8.01. The first-order valence-corrected chi connectivity index (χ1v) is 8.01. The van der Waals surface area contributed by atoms with Crippen molar-refractivity contribution in [3.8, 4) is 11.9 Å². The van der Waals surface area contributed by atoms with Crippen LogP contribution in [0.15, 0.2) is 28.9 Å². The van der Waals surface area contributed by atoms with Crippen LogP contribution in [-0.4, -0.2) is 40.1 Å². The van der Waals surface area contributed by atoms with Gasteiger partial charge < -0.3 is 14.2 Å². The predicted octanol–water partition coefficient (Wildman–Crippen LogP) is 2.11. The molecule has 3 heterocycles. The summed E-state index contributed by atoms with van der Waals surface area (Å²) in [7, 11) is 0. The smallest absolute Gasteiger partial charge is 0.292 e. The Balaban J connectivity index is 1.36. The van der Waals surface area contributed by atoms with Crippen molar-refractivity contribution in [2.75, 3.05) is 13.1 Å². The van der Waals surface area contributed by atoms with E-state index in [1.165, 1.54) is 6.20 Å². The van der Waals surface area contributed by atoms with Crippen molar-refractivity contribution in [1.82, 2.24) is 15.0 Å². The monoisotopic (exact) mass is 324 g/mol. The topological polar surface area (TPSA) is 92.2 Å². The average Bonchev–Trinajstić information content (AvgIpc) is 3.16. The summed E-state index contributed by atoms with van der Waals surface area (Å²) in [5, 5.41) is 12.8. The molecule has 2 aromatic heterocycles. The van der Waals surface area contributed by atoms with Gasteiger partial charge in [-0.05, 0) is 18.9 Å². The van der Waals surface area contributed by atoms with Gasteiger partial charge in [-0.15, -0.1) is 0 Å². The zero-order valence-corrected chi connectivity index (χ0v) is 13.0. The molecule has 0 spiro atoms. The molecule has 24 heavy (non-hydrogen) atoms. The van der Waals surface area contributed by atoms with Crippen molar-refractivity contribution >= 4 is 5.91 Å². The first kappa shape index (κ1) is 14.7. The molecule has 1 aliphatic heterocycles. The Morgan fingerprint density at radius 3 is 2.96 bits per heavy atom. The molecule has 1 atom stereocenters. The van der Waals surface area contributed by atoms with Crippen LogP contribution in [0.3, 0.4) is 0 Å². The number of nitrogens with zero attached hydrogens (tertiary/aromatic N) is 4. The Morgan fingerprint density at radius 2 is 2.25 bits per heavy atom. The molecule has 2 fully saturated rings. The first-order chi connectivity index (χ1) is 11.7. The van der Waals surface area contributed by atoms with Gasteiger partial charge in [-0.3, -0.25) is 4.79 Å². The molecule has 7 heteroatoms. The van der Waals surface area contributed by atoms with E-state index in [0.717, 1.165) is 25.0 Å². The second-order valence-corrected chi connectivity index (χ2v) is 6.17. The molecule has 122 valence electrons. The zero-order chi connectivity index (χ0) is 16.5. The van der Waals surface area contributed by atoms with E-state index < -0.39 is 0 Å². The van der Waals surface area contributed by atoms with Crippen molar-refractivity contribution in [1.29, 1.82) is 5.26 Å². The number of carbonyl (C=O) groups excluding carboxylic acids is 1. The molecule has 2 aliphatic rings. The molecular formula is C17H16N4O3. The van der Waals surface area contributed by atoms with Gasteiger partial charge in [0, 0.05) is 37.2 Å². The maximum atomic E-state index is 12.5. The van der Waals surface area contributed by atoms with E-state index in [4.69, 9.17) is 14.5 Å². The third-order valence-corrected chi connectivity index (χ3v) is 4.32. The van der Waals surface area contributed by atoms with E-state index in [1.807, 2.05) is 6.07 Å². The minimum absolute atomic E-state index is 0.111. The summed E-state index contributed by atoms with van der Waals surface area (Å²) in [6.45, 7) is 1.10. The van der Waals surface area contributed by atoms with E-state index in [9.17, 15) is 4.79 Å². The van der Waals surface area contributed by atoms with Crippen LogP contribution in [0.4, 0.5) is 0 Å². The standard InChI is InChI=1S/C17H16N4O3/c18-8-11-1-4-16(19-9-11)23-13-5-6-21(10-13)17(22)15-7-14(20-24-15)12-2-3-12/h1,4,7,9,12-13H,2-3,5-6,10H2. The fourth-order valence-corrected chi connectivity index (χ4v) is 2.81. The second-order valence-electron chi connectivity index (χ2n) is 6.17. The van der Waals surface area contributed by atoms with Crippen LogP contribution in [0.25, 0.3) is 0 Å². The average molecular weight is 324 g/mol. The lowest BCUT2D eigenvalue weighted by atomic mass is 10.2. The zero-order valence-electron chi connectivity index (χ0n) is 13.0. The minimum Gasteiger partial charge on any atom is -0.472 e. The SMILES string of the molecule is N#Cc1ccc(OC2CCN(C(=O)c3cc(C4CC4)no3)C2)nc1. The molecule has 2 aromatic rings. The van der Waals surface area contributed by atoms with Crippen molar-refractivity contribution in [2.24, 2.45) is 0 Å². The lowest BCUT2D eigenvalue weighted by Crippen LogP contribution is -2.30. The van der Waals surface area contributed by atoms with Crippen LogP contribution in [0.2, 0.25) is 0 Å². The summed E-state index contributed by atoms with van der Waals surface area (Å²) in [4.78, 5) is 18.3. The minimum atomic E-state index is -0.145. The highest BCUT2D eigenvalue weighted by atomic mass is 16.5. The number of hydrogen-bond acceptors (Lipinski definition) is 6. The number of rotatable bonds is 4. The van der Waals surface area contributed by atoms with Gasteiger partial charge in [0.25, 0.3) is 5.91 Å². The third kappa shape index (κ3) is 2.95. The third-order valence-electron chi connectivity index (χ3n) is 4.32. The Morgan fingerprint density at radius 1 is 1.38 bits per heavy atom. The Labute approximate surface area is 138 Å². The molecule has 4 rings (SSSR count). The number of ether oxygens (including phenoxy) is 1. The largest absolute Gasteiger partial charge is 0.472 e. The number of amides is 1. The summed E-state index contributed by atoms with van der Waals surface area (Å²) >= 11 is 0. The molecule has 1 amide bonds. The number of nitriles is 1. The Bertz CT molecular complexity index is 789. The molecule has 0 radical (unpaired) electrons. The van der Waals surface area contributed by atoms with E-state index in [-0.39, 0.29) is 12.0 Å². The van der Waals surface area contributed by atoms with Gasteiger partial charge >= 0.3 is 0 Å². The molecule has 1 saturated carbocycles. The van der Waals surface area contributed by atoms with Gasteiger partial charge in [-0.1, -0.05) is 5.16 Å². The fraction of sp³-hybridized carbons (Fsp3) is 0.412. The highest BCUT2D eigenvalue weighted by Crippen LogP contribution is 2.39. The number of aromatic nitrogens is 2. The summed E-state index contributed by atoms with van der Waals surface area (Å²) in [5.74, 6) is 1.08. The molecule has 7 nitrogen and oxygen atoms in total. The molecule has 0 N–H and O–H groups in total. The van der Waals surface area contributed by atoms with Crippen molar-refractivity contribution in [3.63, 3.8) is 0 Å². The lowest BCUT2D eigenvalue weighted by Gasteiger charge is -2.15. The molecule has 1 unspecified atom stereocenters. The Kier molecular flexibility index (Phi) is 3.65. The van der Waals surface area contributed by atoms with E-state index >= 15 is 0 Å². The number of carbonyl (C=O) groups is 1. The molecule has 0 aromatic carbocycles. The van der Waals surface area contributed by atoms with Gasteiger partial charge in [0.2, 0.25) is 11.6 Å². The highest BCUT2D eigenvalue weighted by Gasteiger charge is 2.32. The lowest BCUT2D eigenvalue weighted by molar-refractivity contribution is 0.0730. The van der Waals surface area contributed by atoms with E-state index in [1.54, 1.807) is 23.1 Å². The summed E-state index contributed by atoms with van der Waals surface area (Å²) in [6.07, 6.45) is 4.34. The van der Waals surface area contributed by atoms with Crippen LogP contribution in [-0.2, 0) is 0 Å². The summed E-state index contributed by atoms with van der Waals surface area (Å²) in [6, 6.07) is 7.10. The van der Waals surface area contributed by atoms with Crippen LogP contribution >= 0.6 is 0 Å². The van der Waals surface area contributed by atoms with Crippen molar-refractivity contribution in [3.05, 3.63) is 41.4 Å². The second kappa shape index (κ2) is 5.96. The van der Waals surface area contributed by atoms with Gasteiger partial charge in [-0.2, -0.15) is 5.26 Å². The van der Waals surface area contributed by atoms with E-state index in [0.29, 0.717) is 36.2 Å². The summed E-state index contributed by atoms with van der Waals surface area (Å²) < 4.78 is 11.0. The van der Waals surface area contributed by atoms with Gasteiger partial charge in [0.05, 0.1) is 17.8 Å². The van der Waals surface area contributed by atoms with Gasteiger partial charge in [-0.25, -0.2) is 4.98 Å². The molecular weight excluding hydrogens is 308 g/mol. The quantitative estimate of drug-likeness (QED) is 0.855. The van der Waals surface area contributed by atoms with Crippen LogP contribution in [0.1, 0.15) is 47.0 Å². The van der Waals surface area contributed by atoms with E-state index in [2.05, 4.69) is 10.1 Å². The number of likely N-dealkylation sites (tertiary alicyclic amines) is 1. The predicted molar refractivity (Wildman–Crippen MR) is 82.4 cm³/mol. The maximum Gasteiger partial charge on any atom is 0.292 e. The van der Waals surface area contributed by atoms with Crippen LogP contribution in [0.5, 0.6) is 5.88 Å². The molecule has 1 saturated heterocycles. The van der Waals surface area contributed by atoms with Crippen LogP contribution in [0, 0.1) is 11.3 Å². The molecule has 1 aliphatic carbocycles. The molecule has 0 bridgehead atoms. The van der Waals surface area contributed by atoms with Crippen molar-refractivity contribution in [2.45, 2.75) is 31.3 Å². The fourth-order valence-electron chi connectivity index (χ4n) is 2.81. The number of hydrogen-bond donors (Lipinski definition) is 0.